The molecule has 2 atom stereocenters. The number of hydrogen-bond acceptors (Lipinski definition) is 3. The third-order valence-corrected chi connectivity index (χ3v) is 4.16. The van der Waals surface area contributed by atoms with Crippen LogP contribution < -0.4 is 10.6 Å². The van der Waals surface area contributed by atoms with Crippen molar-refractivity contribution in [1.82, 2.24) is 10.6 Å². The SMILES string of the molecule is Oc1ccccc1CNC1CCCNC1c1ccccc1. The van der Waals surface area contributed by atoms with Crippen LogP contribution in [0.15, 0.2) is 54.6 Å². The number of hydrogen-bond donors (Lipinski definition) is 3. The maximum atomic E-state index is 9.87. The van der Waals surface area contributed by atoms with Gasteiger partial charge in [-0.1, -0.05) is 48.5 Å². The van der Waals surface area contributed by atoms with Crippen LogP contribution >= 0.6 is 0 Å². The van der Waals surface area contributed by atoms with Gasteiger partial charge >= 0.3 is 0 Å². The molecule has 110 valence electrons. The molecule has 0 aromatic heterocycles. The Bertz CT molecular complexity index is 570. The van der Waals surface area contributed by atoms with Gasteiger partial charge in [-0.2, -0.15) is 0 Å². The molecule has 1 aliphatic rings. The number of para-hydroxylation sites is 1. The van der Waals surface area contributed by atoms with Gasteiger partial charge in [0.1, 0.15) is 5.75 Å². The van der Waals surface area contributed by atoms with Gasteiger partial charge in [0.25, 0.3) is 0 Å². The highest BCUT2D eigenvalue weighted by atomic mass is 16.3. The van der Waals surface area contributed by atoms with Crippen LogP contribution in [-0.2, 0) is 6.54 Å². The van der Waals surface area contributed by atoms with E-state index in [0.717, 1.165) is 18.5 Å². The van der Waals surface area contributed by atoms with E-state index in [0.29, 0.717) is 24.4 Å². The van der Waals surface area contributed by atoms with E-state index in [2.05, 4.69) is 41.0 Å². The number of piperidine rings is 1. The van der Waals surface area contributed by atoms with Gasteiger partial charge in [-0.3, -0.25) is 0 Å². The fraction of sp³-hybridized carbons (Fsp3) is 0.333. The van der Waals surface area contributed by atoms with Crippen LogP contribution in [-0.4, -0.2) is 17.7 Å². The first kappa shape index (κ1) is 14.1. The maximum Gasteiger partial charge on any atom is 0.120 e. The summed E-state index contributed by atoms with van der Waals surface area (Å²) in [5.74, 6) is 0.366. The summed E-state index contributed by atoms with van der Waals surface area (Å²) < 4.78 is 0. The van der Waals surface area contributed by atoms with Gasteiger partial charge in [0.2, 0.25) is 0 Å². The average Bonchev–Trinajstić information content (AvgIpc) is 2.55. The molecule has 0 amide bonds. The Labute approximate surface area is 126 Å². The maximum absolute atomic E-state index is 9.87. The number of phenolic OH excluding ortho intramolecular Hbond substituents is 1. The first-order chi connectivity index (χ1) is 10.3. The van der Waals surface area contributed by atoms with Gasteiger partial charge < -0.3 is 15.7 Å². The third-order valence-electron chi connectivity index (χ3n) is 4.16. The molecule has 0 radical (unpaired) electrons. The summed E-state index contributed by atoms with van der Waals surface area (Å²) in [6.45, 7) is 1.76. The number of nitrogens with one attached hydrogen (secondary N) is 2. The number of aromatic hydroxyl groups is 1. The van der Waals surface area contributed by atoms with E-state index in [4.69, 9.17) is 0 Å². The van der Waals surface area contributed by atoms with Crippen LogP contribution in [0.5, 0.6) is 5.75 Å². The minimum Gasteiger partial charge on any atom is -0.508 e. The molecule has 1 saturated heterocycles. The lowest BCUT2D eigenvalue weighted by atomic mass is 9.92. The van der Waals surface area contributed by atoms with Crippen molar-refractivity contribution in [1.29, 1.82) is 0 Å². The summed E-state index contributed by atoms with van der Waals surface area (Å²) in [5.41, 5.74) is 2.28. The van der Waals surface area contributed by atoms with Crippen molar-refractivity contribution in [2.24, 2.45) is 0 Å². The van der Waals surface area contributed by atoms with E-state index in [1.807, 2.05) is 18.2 Å². The number of phenols is 1. The van der Waals surface area contributed by atoms with Crippen molar-refractivity contribution in [3.63, 3.8) is 0 Å². The first-order valence-electron chi connectivity index (χ1n) is 7.63. The molecule has 3 nitrogen and oxygen atoms in total. The Hall–Kier alpha value is -1.84. The average molecular weight is 282 g/mol. The van der Waals surface area contributed by atoms with E-state index in [-0.39, 0.29) is 0 Å². The molecule has 21 heavy (non-hydrogen) atoms. The molecule has 3 N–H and O–H groups in total. The summed E-state index contributed by atoms with van der Waals surface area (Å²) in [4.78, 5) is 0. The van der Waals surface area contributed by atoms with Gasteiger partial charge in [-0.05, 0) is 31.0 Å². The Balaban J connectivity index is 1.69. The van der Waals surface area contributed by atoms with Gasteiger partial charge in [-0.15, -0.1) is 0 Å². The first-order valence-corrected chi connectivity index (χ1v) is 7.63. The van der Waals surface area contributed by atoms with Gasteiger partial charge in [0.05, 0.1) is 0 Å². The van der Waals surface area contributed by atoms with E-state index < -0.39 is 0 Å². The predicted molar refractivity (Wildman–Crippen MR) is 85.2 cm³/mol. The van der Waals surface area contributed by atoms with Crippen molar-refractivity contribution in [3.05, 3.63) is 65.7 Å². The van der Waals surface area contributed by atoms with E-state index in [1.165, 1.54) is 12.0 Å². The molecule has 0 bridgehead atoms. The number of benzene rings is 2. The fourth-order valence-corrected chi connectivity index (χ4v) is 3.02. The van der Waals surface area contributed by atoms with Gasteiger partial charge in [0.15, 0.2) is 0 Å². The van der Waals surface area contributed by atoms with Crippen molar-refractivity contribution >= 4 is 0 Å². The lowest BCUT2D eigenvalue weighted by Crippen LogP contribution is -2.45. The highest BCUT2D eigenvalue weighted by Gasteiger charge is 2.25. The second-order valence-corrected chi connectivity index (χ2v) is 5.60. The summed E-state index contributed by atoms with van der Waals surface area (Å²) in [5, 5.41) is 17.1. The monoisotopic (exact) mass is 282 g/mol. The van der Waals surface area contributed by atoms with Gasteiger partial charge in [-0.25, -0.2) is 0 Å². The van der Waals surface area contributed by atoms with Crippen LogP contribution in [0.25, 0.3) is 0 Å². The Morgan fingerprint density at radius 2 is 1.81 bits per heavy atom. The highest BCUT2D eigenvalue weighted by molar-refractivity contribution is 5.31. The van der Waals surface area contributed by atoms with E-state index in [1.54, 1.807) is 6.07 Å². The molecular formula is C18H22N2O. The molecule has 0 saturated carbocycles. The van der Waals surface area contributed by atoms with Crippen LogP contribution in [0.1, 0.15) is 30.0 Å². The minimum atomic E-state index is 0.339. The zero-order chi connectivity index (χ0) is 14.5. The summed E-state index contributed by atoms with van der Waals surface area (Å²) >= 11 is 0. The summed E-state index contributed by atoms with van der Waals surface area (Å²) in [7, 11) is 0. The lowest BCUT2D eigenvalue weighted by Gasteiger charge is -2.34. The lowest BCUT2D eigenvalue weighted by molar-refractivity contribution is 0.303. The highest BCUT2D eigenvalue weighted by Crippen LogP contribution is 2.24. The molecule has 3 rings (SSSR count). The van der Waals surface area contributed by atoms with Gasteiger partial charge in [0, 0.05) is 24.2 Å². The normalized spacial score (nSPS) is 22.1. The standard InChI is InChI=1S/C18H22N2O/c21-17-11-5-4-9-15(17)13-20-16-10-6-12-19-18(16)14-7-2-1-3-8-14/h1-5,7-9,11,16,18-21H,6,10,12-13H2. The summed E-state index contributed by atoms with van der Waals surface area (Å²) in [6.07, 6.45) is 2.34. The summed E-state index contributed by atoms with van der Waals surface area (Å²) in [6, 6.07) is 18.8. The van der Waals surface area contributed by atoms with E-state index in [9.17, 15) is 5.11 Å². The molecule has 1 fully saturated rings. The predicted octanol–water partition coefficient (Wildman–Crippen LogP) is 2.98. The third kappa shape index (κ3) is 3.43. The quantitative estimate of drug-likeness (QED) is 0.808. The van der Waals surface area contributed by atoms with E-state index >= 15 is 0 Å². The molecule has 1 heterocycles. The molecule has 2 aromatic rings. The zero-order valence-corrected chi connectivity index (χ0v) is 12.1. The van der Waals surface area contributed by atoms with Crippen LogP contribution in [0.2, 0.25) is 0 Å². The second-order valence-electron chi connectivity index (χ2n) is 5.60. The van der Waals surface area contributed by atoms with Crippen LogP contribution in [0, 0.1) is 0 Å². The van der Waals surface area contributed by atoms with Crippen molar-refractivity contribution < 1.29 is 5.11 Å². The van der Waals surface area contributed by atoms with Crippen LogP contribution in [0.3, 0.4) is 0 Å². The molecular weight excluding hydrogens is 260 g/mol. The Kier molecular flexibility index (Phi) is 4.53. The topological polar surface area (TPSA) is 44.3 Å². The molecule has 0 aliphatic carbocycles. The fourth-order valence-electron chi connectivity index (χ4n) is 3.02. The number of rotatable bonds is 4. The van der Waals surface area contributed by atoms with Crippen molar-refractivity contribution in [2.45, 2.75) is 31.5 Å². The molecule has 3 heteroatoms. The zero-order valence-electron chi connectivity index (χ0n) is 12.1. The smallest absolute Gasteiger partial charge is 0.120 e. The molecule has 0 spiro atoms. The van der Waals surface area contributed by atoms with Crippen LogP contribution in [0.4, 0.5) is 0 Å². The van der Waals surface area contributed by atoms with Crippen molar-refractivity contribution in [2.75, 3.05) is 6.54 Å². The Morgan fingerprint density at radius 1 is 1.05 bits per heavy atom. The molecule has 2 aromatic carbocycles. The van der Waals surface area contributed by atoms with Crippen molar-refractivity contribution in [3.8, 4) is 5.75 Å². The molecule has 2 unspecified atom stereocenters. The minimum absolute atomic E-state index is 0.339. The second kappa shape index (κ2) is 6.74. The Morgan fingerprint density at radius 3 is 2.62 bits per heavy atom. The molecule has 1 aliphatic heterocycles. The largest absolute Gasteiger partial charge is 0.508 e.